The molecular formula is C36H57N2O4+. The zero-order valence-corrected chi connectivity index (χ0v) is 27.4. The molecule has 234 valence electrons. The molecule has 0 spiro atoms. The number of carbonyl (C=O) groups is 2. The van der Waals surface area contributed by atoms with Gasteiger partial charge >= 0.3 is 6.09 Å². The van der Waals surface area contributed by atoms with Crippen LogP contribution in [0.3, 0.4) is 0 Å². The molecule has 0 aliphatic carbocycles. The molecule has 0 saturated heterocycles. The average molecular weight is 582 g/mol. The molecule has 0 saturated carbocycles. The molecule has 2 rings (SSSR count). The fraction of sp³-hybridized carbons (Fsp3) is 0.639. The second kappa shape index (κ2) is 19.3. The minimum absolute atomic E-state index is 0.0906. The van der Waals surface area contributed by atoms with Gasteiger partial charge in [-0.3, -0.25) is 4.79 Å². The third-order valence-electron chi connectivity index (χ3n) is 7.77. The molecule has 1 aromatic heterocycles. The van der Waals surface area contributed by atoms with E-state index in [4.69, 9.17) is 9.47 Å². The van der Waals surface area contributed by atoms with Crippen molar-refractivity contribution in [1.82, 2.24) is 4.90 Å². The van der Waals surface area contributed by atoms with Crippen molar-refractivity contribution in [2.24, 2.45) is 0 Å². The van der Waals surface area contributed by atoms with E-state index in [1.807, 2.05) is 48.0 Å². The summed E-state index contributed by atoms with van der Waals surface area (Å²) in [5, 5.41) is 0. The van der Waals surface area contributed by atoms with Crippen molar-refractivity contribution in [3.05, 3.63) is 59.4 Å². The van der Waals surface area contributed by atoms with E-state index in [1.54, 1.807) is 0 Å². The SMILES string of the molecule is CCCCCCCCCCCCCCOc1ccc(COC(=O)N(Cc2cccc[n+]2CC)C(C)=O)cc1C(C)(C)C. The van der Waals surface area contributed by atoms with E-state index < -0.39 is 6.09 Å². The Hall–Kier alpha value is -2.89. The van der Waals surface area contributed by atoms with Crippen LogP contribution in [0.2, 0.25) is 0 Å². The number of hydrogen-bond acceptors (Lipinski definition) is 4. The van der Waals surface area contributed by atoms with Crippen LogP contribution in [0.15, 0.2) is 42.6 Å². The van der Waals surface area contributed by atoms with E-state index >= 15 is 0 Å². The molecule has 6 heteroatoms. The van der Waals surface area contributed by atoms with E-state index in [2.05, 4.69) is 33.8 Å². The Kier molecular flexibility index (Phi) is 16.2. The van der Waals surface area contributed by atoms with Crippen LogP contribution in [0, 0.1) is 0 Å². The molecule has 42 heavy (non-hydrogen) atoms. The molecule has 0 N–H and O–H groups in total. The predicted molar refractivity (Wildman–Crippen MR) is 170 cm³/mol. The van der Waals surface area contributed by atoms with Crippen molar-refractivity contribution < 1.29 is 23.6 Å². The molecular weight excluding hydrogens is 524 g/mol. The monoisotopic (exact) mass is 581 g/mol. The summed E-state index contributed by atoms with van der Waals surface area (Å²) < 4.78 is 13.8. The molecule has 2 amide bonds. The third kappa shape index (κ3) is 13.0. The van der Waals surface area contributed by atoms with Gasteiger partial charge in [-0.2, -0.15) is 0 Å². The Morgan fingerprint density at radius 2 is 1.45 bits per heavy atom. The van der Waals surface area contributed by atoms with E-state index in [1.165, 1.54) is 77.6 Å². The standard InChI is InChI=1S/C36H57N2O4/c1-7-9-10-11-12-13-14-15-16-17-18-21-26-41-34-24-23-31(27-33(34)36(4,5)6)29-42-35(40)38(30(3)39)28-32-22-19-20-25-37(32)8-2/h19-20,22-25,27H,7-18,21,26,28-29H2,1-6H3/q+1. The van der Waals surface area contributed by atoms with Gasteiger partial charge in [-0.05, 0) is 42.0 Å². The summed E-state index contributed by atoms with van der Waals surface area (Å²) in [7, 11) is 0. The van der Waals surface area contributed by atoms with Crippen molar-refractivity contribution in [1.29, 1.82) is 0 Å². The van der Waals surface area contributed by atoms with Crippen LogP contribution in [-0.2, 0) is 34.6 Å². The van der Waals surface area contributed by atoms with Gasteiger partial charge in [0.05, 0.1) is 6.61 Å². The van der Waals surface area contributed by atoms with Gasteiger partial charge in [-0.15, -0.1) is 0 Å². The Morgan fingerprint density at radius 1 is 0.833 bits per heavy atom. The predicted octanol–water partition coefficient (Wildman–Crippen LogP) is 9.06. The van der Waals surface area contributed by atoms with Crippen LogP contribution in [0.5, 0.6) is 5.75 Å². The number of ether oxygens (including phenoxy) is 2. The maximum Gasteiger partial charge on any atom is 0.417 e. The molecule has 0 aliphatic heterocycles. The lowest BCUT2D eigenvalue weighted by atomic mass is 9.85. The summed E-state index contributed by atoms with van der Waals surface area (Å²) in [6, 6.07) is 11.7. The lowest BCUT2D eigenvalue weighted by molar-refractivity contribution is -0.701. The zero-order chi connectivity index (χ0) is 30.8. The second-order valence-electron chi connectivity index (χ2n) is 12.5. The summed E-state index contributed by atoms with van der Waals surface area (Å²) in [5.74, 6) is 0.544. The topological polar surface area (TPSA) is 59.7 Å². The highest BCUT2D eigenvalue weighted by Crippen LogP contribution is 2.32. The molecule has 0 atom stereocenters. The van der Waals surface area contributed by atoms with Crippen molar-refractivity contribution in [3.8, 4) is 5.75 Å². The largest absolute Gasteiger partial charge is 0.493 e. The number of amides is 2. The summed E-state index contributed by atoms with van der Waals surface area (Å²) in [6.07, 6.45) is 17.2. The molecule has 6 nitrogen and oxygen atoms in total. The first kappa shape index (κ1) is 35.3. The Bertz CT molecular complexity index is 1080. The van der Waals surface area contributed by atoms with Gasteiger partial charge < -0.3 is 9.47 Å². The molecule has 0 fully saturated rings. The summed E-state index contributed by atoms with van der Waals surface area (Å²) in [4.78, 5) is 26.4. The minimum Gasteiger partial charge on any atom is -0.493 e. The number of pyridine rings is 1. The minimum atomic E-state index is -0.640. The van der Waals surface area contributed by atoms with Crippen molar-refractivity contribution in [2.75, 3.05) is 6.61 Å². The average Bonchev–Trinajstić information content (AvgIpc) is 2.96. The number of hydrogen-bond donors (Lipinski definition) is 0. The normalized spacial score (nSPS) is 11.4. The zero-order valence-electron chi connectivity index (χ0n) is 27.4. The van der Waals surface area contributed by atoms with Crippen molar-refractivity contribution >= 4 is 12.0 Å². The highest BCUT2D eigenvalue weighted by molar-refractivity contribution is 5.90. The molecule has 0 unspecified atom stereocenters. The van der Waals surface area contributed by atoms with Crippen molar-refractivity contribution in [2.45, 2.75) is 144 Å². The smallest absolute Gasteiger partial charge is 0.417 e. The van der Waals surface area contributed by atoms with Gasteiger partial charge in [0.15, 0.2) is 6.20 Å². The van der Waals surface area contributed by atoms with Crippen LogP contribution < -0.4 is 9.30 Å². The van der Waals surface area contributed by atoms with Gasteiger partial charge in [0.25, 0.3) is 0 Å². The lowest BCUT2D eigenvalue weighted by Crippen LogP contribution is -2.43. The molecule has 1 aromatic carbocycles. The molecule has 0 bridgehead atoms. The number of imide groups is 1. The summed E-state index contributed by atoms with van der Waals surface area (Å²) in [6.45, 7) is 13.9. The van der Waals surface area contributed by atoms with Crippen LogP contribution >= 0.6 is 0 Å². The number of rotatable bonds is 19. The molecule has 0 aliphatic rings. The third-order valence-corrected chi connectivity index (χ3v) is 7.77. The highest BCUT2D eigenvalue weighted by atomic mass is 16.6. The van der Waals surface area contributed by atoms with E-state index in [0.29, 0.717) is 6.61 Å². The highest BCUT2D eigenvalue weighted by Gasteiger charge is 2.25. The Balaban J connectivity index is 1.82. The first-order valence-electron chi connectivity index (χ1n) is 16.4. The van der Waals surface area contributed by atoms with Crippen LogP contribution in [0.25, 0.3) is 0 Å². The van der Waals surface area contributed by atoms with Gasteiger partial charge in [0.1, 0.15) is 25.4 Å². The van der Waals surface area contributed by atoms with Crippen molar-refractivity contribution in [3.63, 3.8) is 0 Å². The number of carbonyl (C=O) groups excluding carboxylic acids is 2. The fourth-order valence-corrected chi connectivity index (χ4v) is 5.16. The maximum atomic E-state index is 12.9. The molecule has 2 aromatic rings. The van der Waals surface area contributed by atoms with Gasteiger partial charge in [0.2, 0.25) is 11.6 Å². The van der Waals surface area contributed by atoms with E-state index in [9.17, 15) is 9.59 Å². The van der Waals surface area contributed by atoms with Crippen LogP contribution in [0.1, 0.15) is 135 Å². The fourth-order valence-electron chi connectivity index (χ4n) is 5.16. The molecule has 0 radical (unpaired) electrons. The van der Waals surface area contributed by atoms with Gasteiger partial charge in [0, 0.05) is 19.1 Å². The van der Waals surface area contributed by atoms with Crippen LogP contribution in [-0.4, -0.2) is 23.5 Å². The second-order valence-corrected chi connectivity index (χ2v) is 12.5. The number of benzene rings is 1. The first-order chi connectivity index (χ1) is 20.2. The number of aryl methyl sites for hydroxylation is 1. The number of aromatic nitrogens is 1. The van der Waals surface area contributed by atoms with E-state index in [-0.39, 0.29) is 24.5 Å². The van der Waals surface area contributed by atoms with Gasteiger partial charge in [-0.25, -0.2) is 14.3 Å². The van der Waals surface area contributed by atoms with Crippen LogP contribution in [0.4, 0.5) is 4.79 Å². The summed E-state index contributed by atoms with van der Waals surface area (Å²) >= 11 is 0. The Morgan fingerprint density at radius 3 is 2.02 bits per heavy atom. The first-order valence-corrected chi connectivity index (χ1v) is 16.4. The summed E-state index contributed by atoms with van der Waals surface area (Å²) in [5.41, 5.74) is 2.71. The van der Waals surface area contributed by atoms with E-state index in [0.717, 1.165) is 40.4 Å². The number of unbranched alkanes of at least 4 members (excludes halogenated alkanes) is 11. The maximum absolute atomic E-state index is 12.9. The molecule has 1 heterocycles. The Labute approximate surface area is 255 Å². The quantitative estimate of drug-likeness (QED) is 0.123. The van der Waals surface area contributed by atoms with Gasteiger partial charge in [-0.1, -0.05) is 110 Å². The number of nitrogens with zero attached hydrogens (tertiary/aromatic N) is 2. The lowest BCUT2D eigenvalue weighted by Gasteiger charge is -2.24.